The molecule has 1 aliphatic heterocycles. The number of carbonyl (C=O) groups excluding carboxylic acids is 1. The van der Waals surface area contributed by atoms with Crippen LogP contribution < -0.4 is 15.2 Å². The molecule has 0 aromatic carbocycles. The van der Waals surface area contributed by atoms with Gasteiger partial charge in [0.1, 0.15) is 42.1 Å². The zero-order chi connectivity index (χ0) is 23.0. The summed E-state index contributed by atoms with van der Waals surface area (Å²) in [6.45, 7) is 7.02. The van der Waals surface area contributed by atoms with Crippen molar-refractivity contribution in [2.75, 3.05) is 6.61 Å². The number of rotatable bonds is 7. The van der Waals surface area contributed by atoms with Crippen LogP contribution >= 0.6 is 0 Å². The summed E-state index contributed by atoms with van der Waals surface area (Å²) in [6, 6.07) is -0.707. The number of hydrogen-bond donors (Lipinski definition) is 1. The molecule has 0 bridgehead atoms. The Kier molecular flexibility index (Phi) is 5.79. The average Bonchev–Trinajstić information content (AvgIpc) is 3.29. The second-order valence-electron chi connectivity index (χ2n) is 7.76. The maximum atomic E-state index is 15.0. The lowest BCUT2D eigenvalue weighted by Gasteiger charge is -2.18. The Hall–Kier alpha value is -3.53. The average molecular weight is 441 g/mol. The topological polar surface area (TPSA) is 113 Å². The lowest BCUT2D eigenvalue weighted by Crippen LogP contribution is -2.33. The molecular formula is C22H24FN5O4. The van der Waals surface area contributed by atoms with Crippen molar-refractivity contribution in [3.8, 4) is 11.6 Å². The molecular weight excluding hydrogens is 417 g/mol. The molecule has 3 heterocycles. The second-order valence-corrected chi connectivity index (χ2v) is 7.76. The molecule has 0 radical (unpaired) electrons. The Bertz CT molecular complexity index is 1190. The van der Waals surface area contributed by atoms with E-state index in [1.807, 2.05) is 13.8 Å². The van der Waals surface area contributed by atoms with Crippen molar-refractivity contribution in [1.29, 1.82) is 0 Å². The highest BCUT2D eigenvalue weighted by molar-refractivity contribution is 5.98. The van der Waals surface area contributed by atoms with E-state index in [0.29, 0.717) is 28.1 Å². The number of alkyl halides is 1. The van der Waals surface area contributed by atoms with Gasteiger partial charge in [0.05, 0.1) is 11.9 Å². The number of fused-ring (bicyclic) bond motifs is 2. The van der Waals surface area contributed by atoms with Crippen LogP contribution in [0.25, 0.3) is 5.52 Å². The van der Waals surface area contributed by atoms with Crippen LogP contribution in [0.15, 0.2) is 52.8 Å². The first-order valence-electron chi connectivity index (χ1n) is 10.2. The van der Waals surface area contributed by atoms with E-state index in [4.69, 9.17) is 19.9 Å². The van der Waals surface area contributed by atoms with Crippen molar-refractivity contribution >= 4 is 17.2 Å². The van der Waals surface area contributed by atoms with Gasteiger partial charge in [-0.25, -0.2) is 8.91 Å². The molecule has 168 valence electrons. The third kappa shape index (κ3) is 4.13. The van der Waals surface area contributed by atoms with Gasteiger partial charge in [-0.3, -0.25) is 9.79 Å². The Balaban J connectivity index is 1.53. The number of aromatic nitrogens is 3. The third-order valence-electron chi connectivity index (χ3n) is 5.01. The van der Waals surface area contributed by atoms with Crippen LogP contribution in [0.3, 0.4) is 0 Å². The highest BCUT2D eigenvalue weighted by Gasteiger charge is 2.30. The molecule has 32 heavy (non-hydrogen) atoms. The largest absolute Gasteiger partial charge is 0.488 e. The number of ether oxygens (including phenoxy) is 3. The fourth-order valence-corrected chi connectivity index (χ4v) is 3.39. The number of halogens is 1. The van der Waals surface area contributed by atoms with Crippen molar-refractivity contribution in [2.24, 2.45) is 10.7 Å². The SMILES string of the molecule is CC1=NC2=CC=C(Oc3ncnn4cc(OCC(C)OC(=O)C(C)N)c(C)c34)[C@@H](F)C2=C1. The summed E-state index contributed by atoms with van der Waals surface area (Å²) >= 11 is 0. The quantitative estimate of drug-likeness (QED) is 0.657. The van der Waals surface area contributed by atoms with Crippen LogP contribution in [0.4, 0.5) is 4.39 Å². The fourth-order valence-electron chi connectivity index (χ4n) is 3.39. The molecule has 0 amide bonds. The van der Waals surface area contributed by atoms with E-state index in [0.717, 1.165) is 5.71 Å². The molecule has 2 N–H and O–H groups in total. The van der Waals surface area contributed by atoms with Crippen molar-refractivity contribution in [3.63, 3.8) is 0 Å². The Morgan fingerprint density at radius 1 is 1.31 bits per heavy atom. The minimum absolute atomic E-state index is 0.116. The predicted molar refractivity (Wildman–Crippen MR) is 115 cm³/mol. The Labute approximate surface area is 184 Å². The van der Waals surface area contributed by atoms with E-state index < -0.39 is 24.3 Å². The van der Waals surface area contributed by atoms with E-state index >= 15 is 4.39 Å². The van der Waals surface area contributed by atoms with Gasteiger partial charge in [0, 0.05) is 16.8 Å². The number of carbonyl (C=O) groups is 1. The highest BCUT2D eigenvalue weighted by atomic mass is 19.1. The molecule has 0 fully saturated rings. The van der Waals surface area contributed by atoms with Gasteiger partial charge in [0.15, 0.2) is 6.17 Å². The lowest BCUT2D eigenvalue weighted by atomic mass is 10.0. The van der Waals surface area contributed by atoms with Gasteiger partial charge in [0.25, 0.3) is 0 Å². The van der Waals surface area contributed by atoms with E-state index in [9.17, 15) is 4.79 Å². The summed E-state index contributed by atoms with van der Waals surface area (Å²) in [4.78, 5) is 20.1. The van der Waals surface area contributed by atoms with Crippen molar-refractivity contribution in [2.45, 2.75) is 46.0 Å². The summed E-state index contributed by atoms with van der Waals surface area (Å²) in [5, 5.41) is 4.19. The van der Waals surface area contributed by atoms with Gasteiger partial charge in [-0.15, -0.1) is 0 Å². The van der Waals surface area contributed by atoms with Gasteiger partial charge in [-0.1, -0.05) is 0 Å². The van der Waals surface area contributed by atoms with E-state index in [1.54, 1.807) is 42.8 Å². The number of nitrogens with two attached hydrogens (primary N) is 1. The van der Waals surface area contributed by atoms with Gasteiger partial charge in [0.2, 0.25) is 5.88 Å². The summed E-state index contributed by atoms with van der Waals surface area (Å²) in [5.41, 5.74) is 8.57. The summed E-state index contributed by atoms with van der Waals surface area (Å²) in [6.07, 6.45) is 6.02. The molecule has 0 saturated carbocycles. The maximum Gasteiger partial charge on any atom is 0.323 e. The summed E-state index contributed by atoms with van der Waals surface area (Å²) in [7, 11) is 0. The van der Waals surface area contributed by atoms with E-state index in [2.05, 4.69) is 15.1 Å². The number of hydrogen-bond acceptors (Lipinski definition) is 8. The Morgan fingerprint density at radius 2 is 2.09 bits per heavy atom. The molecule has 9 nitrogen and oxygen atoms in total. The van der Waals surface area contributed by atoms with Gasteiger partial charge in [-0.2, -0.15) is 10.1 Å². The summed E-state index contributed by atoms with van der Waals surface area (Å²) < 4.78 is 33.5. The van der Waals surface area contributed by atoms with Crippen LogP contribution in [0.5, 0.6) is 11.6 Å². The predicted octanol–water partition coefficient (Wildman–Crippen LogP) is 2.59. The molecule has 10 heteroatoms. The van der Waals surface area contributed by atoms with Crippen LogP contribution in [-0.2, 0) is 9.53 Å². The molecule has 4 rings (SSSR count). The third-order valence-corrected chi connectivity index (χ3v) is 5.01. The number of aryl methyl sites for hydroxylation is 1. The first-order valence-corrected chi connectivity index (χ1v) is 10.2. The van der Waals surface area contributed by atoms with Gasteiger partial charge < -0.3 is 19.9 Å². The minimum Gasteiger partial charge on any atom is -0.488 e. The molecule has 0 saturated heterocycles. The van der Waals surface area contributed by atoms with Crippen LogP contribution in [0, 0.1) is 6.92 Å². The zero-order valence-corrected chi connectivity index (χ0v) is 18.2. The van der Waals surface area contributed by atoms with Crippen molar-refractivity contribution in [3.05, 3.63) is 53.3 Å². The fraction of sp³-hybridized carbons (Fsp3) is 0.364. The van der Waals surface area contributed by atoms with Crippen LogP contribution in [0.1, 0.15) is 26.3 Å². The van der Waals surface area contributed by atoms with Gasteiger partial charge in [-0.05, 0) is 45.9 Å². The Morgan fingerprint density at radius 3 is 2.84 bits per heavy atom. The molecule has 3 atom stereocenters. The highest BCUT2D eigenvalue weighted by Crippen LogP contribution is 2.35. The van der Waals surface area contributed by atoms with E-state index in [-0.39, 0.29) is 18.2 Å². The number of nitrogens with zero attached hydrogens (tertiary/aromatic N) is 4. The molecule has 2 aromatic rings. The monoisotopic (exact) mass is 441 g/mol. The zero-order valence-electron chi connectivity index (χ0n) is 18.2. The smallest absolute Gasteiger partial charge is 0.323 e. The summed E-state index contributed by atoms with van der Waals surface area (Å²) in [5.74, 6) is 0.326. The molecule has 0 spiro atoms. The normalized spacial score (nSPS) is 19.4. The van der Waals surface area contributed by atoms with Crippen LogP contribution in [0.2, 0.25) is 0 Å². The molecule has 2 unspecified atom stereocenters. The molecule has 2 aromatic heterocycles. The molecule has 1 aliphatic carbocycles. The first kappa shape index (κ1) is 21.7. The van der Waals surface area contributed by atoms with Crippen molar-refractivity contribution < 1.29 is 23.4 Å². The minimum atomic E-state index is -1.45. The second kappa shape index (κ2) is 8.54. The maximum absolute atomic E-state index is 15.0. The number of aliphatic imine (C=N–C) groups is 1. The van der Waals surface area contributed by atoms with Crippen LogP contribution in [-0.4, -0.2) is 51.2 Å². The van der Waals surface area contributed by atoms with Gasteiger partial charge >= 0.3 is 5.97 Å². The number of esters is 1. The van der Waals surface area contributed by atoms with E-state index in [1.165, 1.54) is 6.33 Å². The molecule has 2 aliphatic rings. The standard InChI is InChI=1S/C22H24FN5O4/c1-11-7-15-16(27-11)5-6-17(19(15)23)32-21-20-13(3)18(8-28(20)26-10-25-21)30-9-12(2)31-22(29)14(4)24/h5-8,10,12,14,19H,9,24H2,1-4H3/t12?,14?,19-/m0/s1. The lowest BCUT2D eigenvalue weighted by molar-refractivity contribution is -0.150. The van der Waals surface area contributed by atoms with Crippen molar-refractivity contribution in [1.82, 2.24) is 14.6 Å². The first-order chi connectivity index (χ1) is 15.2. The number of allylic oxidation sites excluding steroid dienone is 5.